The van der Waals surface area contributed by atoms with Crippen molar-refractivity contribution >= 4 is 11.7 Å². The van der Waals surface area contributed by atoms with Crippen LogP contribution in [0.15, 0.2) is 23.4 Å². The Labute approximate surface area is 124 Å². The fraction of sp³-hybridized carbons (Fsp3) is 0.308. The molecule has 0 fully saturated rings. The Kier molecular flexibility index (Phi) is 3.45. The van der Waals surface area contributed by atoms with Crippen LogP contribution in [0.25, 0.3) is 5.78 Å². The molecule has 1 amide bonds. The third-order valence-electron chi connectivity index (χ3n) is 3.21. The van der Waals surface area contributed by atoms with Gasteiger partial charge >= 0.3 is 0 Å². The monoisotopic (exact) mass is 301 g/mol. The number of H-pyrrole nitrogens is 2. The van der Waals surface area contributed by atoms with Crippen LogP contribution >= 0.6 is 0 Å². The summed E-state index contributed by atoms with van der Waals surface area (Å²) in [5.41, 5.74) is 1.29. The fourth-order valence-corrected chi connectivity index (χ4v) is 2.20. The van der Waals surface area contributed by atoms with Gasteiger partial charge in [-0.05, 0) is 19.9 Å². The Morgan fingerprint density at radius 1 is 1.45 bits per heavy atom. The lowest BCUT2D eigenvalue weighted by atomic mass is 10.1. The van der Waals surface area contributed by atoms with E-state index >= 15 is 0 Å². The van der Waals surface area contributed by atoms with E-state index in [4.69, 9.17) is 0 Å². The predicted octanol–water partition coefficient (Wildman–Crippen LogP) is -0.190. The summed E-state index contributed by atoms with van der Waals surface area (Å²) in [4.78, 5) is 32.2. The zero-order chi connectivity index (χ0) is 15.7. The van der Waals surface area contributed by atoms with E-state index in [1.807, 2.05) is 19.9 Å². The van der Waals surface area contributed by atoms with Gasteiger partial charge in [0.15, 0.2) is 0 Å². The van der Waals surface area contributed by atoms with Crippen molar-refractivity contribution in [2.75, 3.05) is 0 Å². The van der Waals surface area contributed by atoms with E-state index in [2.05, 4.69) is 30.6 Å². The Morgan fingerprint density at radius 2 is 2.27 bits per heavy atom. The summed E-state index contributed by atoms with van der Waals surface area (Å²) < 4.78 is 1.12. The zero-order valence-electron chi connectivity index (χ0n) is 12.1. The molecule has 0 aliphatic rings. The molecule has 3 rings (SSSR count). The smallest absolute Gasteiger partial charge is 0.286 e. The maximum Gasteiger partial charge on any atom is 0.286 e. The standard InChI is InChI=1S/C13H15N7O2/c1-7(3-9-4-8(2)18-19-9)17-11(21)10-5-14-13-15-6-16-20(13)12(10)22/h4-7H,3H2,1-2H3,(H,17,21)(H,18,19)(H,14,15,16)/t7-/m1/s1. The first-order valence-corrected chi connectivity index (χ1v) is 6.77. The first-order chi connectivity index (χ1) is 10.5. The molecule has 22 heavy (non-hydrogen) atoms. The second-order valence-electron chi connectivity index (χ2n) is 5.12. The van der Waals surface area contributed by atoms with Gasteiger partial charge in [-0.2, -0.15) is 9.61 Å². The molecule has 0 aliphatic heterocycles. The Balaban J connectivity index is 1.75. The van der Waals surface area contributed by atoms with Gasteiger partial charge in [-0.15, -0.1) is 0 Å². The lowest BCUT2D eigenvalue weighted by molar-refractivity contribution is 0.0937. The van der Waals surface area contributed by atoms with E-state index in [1.54, 1.807) is 0 Å². The van der Waals surface area contributed by atoms with Crippen molar-refractivity contribution in [2.45, 2.75) is 26.3 Å². The van der Waals surface area contributed by atoms with Gasteiger partial charge in [0.1, 0.15) is 11.9 Å². The number of hydrogen-bond acceptors (Lipinski definition) is 5. The molecule has 0 radical (unpaired) electrons. The van der Waals surface area contributed by atoms with E-state index in [-0.39, 0.29) is 17.4 Å². The average molecular weight is 301 g/mol. The molecular formula is C13H15N7O2. The molecular weight excluding hydrogens is 286 g/mol. The van der Waals surface area contributed by atoms with Crippen molar-refractivity contribution in [1.82, 2.24) is 35.1 Å². The summed E-state index contributed by atoms with van der Waals surface area (Å²) in [7, 11) is 0. The van der Waals surface area contributed by atoms with Gasteiger partial charge in [0.25, 0.3) is 17.2 Å². The highest BCUT2D eigenvalue weighted by Gasteiger charge is 2.17. The van der Waals surface area contributed by atoms with Crippen LogP contribution < -0.4 is 10.9 Å². The highest BCUT2D eigenvalue weighted by molar-refractivity contribution is 5.93. The maximum atomic E-state index is 12.2. The van der Waals surface area contributed by atoms with Gasteiger partial charge in [0, 0.05) is 24.4 Å². The van der Waals surface area contributed by atoms with Crippen molar-refractivity contribution in [3.63, 3.8) is 0 Å². The van der Waals surface area contributed by atoms with Crippen molar-refractivity contribution in [1.29, 1.82) is 0 Å². The van der Waals surface area contributed by atoms with Crippen LogP contribution in [-0.2, 0) is 6.42 Å². The van der Waals surface area contributed by atoms with Crippen LogP contribution in [0.5, 0.6) is 0 Å². The normalized spacial score (nSPS) is 12.5. The number of amides is 1. The quantitative estimate of drug-likeness (QED) is 0.617. The lowest BCUT2D eigenvalue weighted by Crippen LogP contribution is -2.38. The molecule has 3 N–H and O–H groups in total. The van der Waals surface area contributed by atoms with Crippen LogP contribution in [0.3, 0.4) is 0 Å². The summed E-state index contributed by atoms with van der Waals surface area (Å²) >= 11 is 0. The summed E-state index contributed by atoms with van der Waals surface area (Å²) in [6.45, 7) is 3.76. The van der Waals surface area contributed by atoms with Crippen LogP contribution in [0.1, 0.15) is 28.7 Å². The van der Waals surface area contributed by atoms with E-state index in [0.29, 0.717) is 6.42 Å². The number of carbonyl (C=O) groups excluding carboxylic acids is 1. The molecule has 3 aromatic heterocycles. The van der Waals surface area contributed by atoms with Gasteiger partial charge < -0.3 is 5.32 Å². The fourth-order valence-electron chi connectivity index (χ4n) is 2.20. The largest absolute Gasteiger partial charge is 0.349 e. The molecule has 0 bridgehead atoms. The second-order valence-corrected chi connectivity index (χ2v) is 5.12. The third kappa shape index (κ3) is 2.60. The van der Waals surface area contributed by atoms with Crippen molar-refractivity contribution in [2.24, 2.45) is 0 Å². The molecule has 0 unspecified atom stereocenters. The molecule has 0 aromatic carbocycles. The van der Waals surface area contributed by atoms with Crippen LogP contribution in [0.4, 0.5) is 0 Å². The Morgan fingerprint density at radius 3 is 3.00 bits per heavy atom. The van der Waals surface area contributed by atoms with Crippen molar-refractivity contribution < 1.29 is 4.79 Å². The Hall–Kier alpha value is -2.97. The number of aromatic amines is 2. The van der Waals surface area contributed by atoms with Gasteiger partial charge in [0.2, 0.25) is 0 Å². The van der Waals surface area contributed by atoms with E-state index in [1.165, 1.54) is 12.5 Å². The number of aryl methyl sites for hydroxylation is 1. The number of nitrogens with one attached hydrogen (secondary N) is 3. The van der Waals surface area contributed by atoms with Crippen LogP contribution in [0.2, 0.25) is 0 Å². The number of hydrogen-bond donors (Lipinski definition) is 3. The van der Waals surface area contributed by atoms with Gasteiger partial charge in [-0.1, -0.05) is 0 Å². The number of nitrogens with zero attached hydrogens (tertiary/aromatic N) is 4. The van der Waals surface area contributed by atoms with Gasteiger partial charge in [0.05, 0.1) is 5.69 Å². The number of rotatable bonds is 4. The van der Waals surface area contributed by atoms with Crippen molar-refractivity contribution in [3.8, 4) is 0 Å². The molecule has 3 aromatic rings. The van der Waals surface area contributed by atoms with E-state index in [9.17, 15) is 9.59 Å². The number of aromatic nitrogens is 6. The molecule has 0 spiro atoms. The minimum atomic E-state index is -0.484. The summed E-state index contributed by atoms with van der Waals surface area (Å²) in [6.07, 6.45) is 3.14. The summed E-state index contributed by atoms with van der Waals surface area (Å²) in [5.74, 6) is -0.247. The number of fused-ring (bicyclic) bond motifs is 1. The second kappa shape index (κ2) is 5.43. The van der Waals surface area contributed by atoms with E-state index < -0.39 is 11.5 Å². The summed E-state index contributed by atoms with van der Waals surface area (Å²) in [6, 6.07) is 1.74. The molecule has 1 atom stereocenters. The number of carbonyl (C=O) groups is 1. The van der Waals surface area contributed by atoms with E-state index in [0.717, 1.165) is 15.9 Å². The zero-order valence-corrected chi connectivity index (χ0v) is 12.1. The lowest BCUT2D eigenvalue weighted by Gasteiger charge is -2.12. The average Bonchev–Trinajstić information content (AvgIpc) is 3.08. The SMILES string of the molecule is Cc1cc(C[C@@H](C)NC(=O)c2cnc3nc[nH]n3c2=O)n[nH]1. The topological polar surface area (TPSA) is 121 Å². The molecule has 3 heterocycles. The van der Waals surface area contributed by atoms with Gasteiger partial charge in [-0.25, -0.2) is 9.97 Å². The first-order valence-electron chi connectivity index (χ1n) is 6.77. The molecule has 0 saturated carbocycles. The van der Waals surface area contributed by atoms with Crippen LogP contribution in [-0.4, -0.2) is 41.7 Å². The van der Waals surface area contributed by atoms with Crippen LogP contribution in [0, 0.1) is 6.92 Å². The van der Waals surface area contributed by atoms with Crippen molar-refractivity contribution in [3.05, 3.63) is 45.9 Å². The predicted molar refractivity (Wildman–Crippen MR) is 77.6 cm³/mol. The minimum Gasteiger partial charge on any atom is -0.349 e. The third-order valence-corrected chi connectivity index (χ3v) is 3.21. The minimum absolute atomic E-state index is 0.0354. The maximum absolute atomic E-state index is 12.2. The Bertz CT molecular complexity index is 876. The molecule has 9 heteroatoms. The molecule has 0 aliphatic carbocycles. The van der Waals surface area contributed by atoms with Gasteiger partial charge in [-0.3, -0.25) is 19.8 Å². The highest BCUT2D eigenvalue weighted by atomic mass is 16.2. The summed E-state index contributed by atoms with van der Waals surface area (Å²) in [5, 5.41) is 12.4. The highest BCUT2D eigenvalue weighted by Crippen LogP contribution is 2.02. The first kappa shape index (κ1) is 14.0. The molecule has 114 valence electrons. The molecule has 9 nitrogen and oxygen atoms in total. The molecule has 0 saturated heterocycles.